The van der Waals surface area contributed by atoms with E-state index in [0.717, 1.165) is 0 Å². The summed E-state index contributed by atoms with van der Waals surface area (Å²) < 4.78 is 0. The van der Waals surface area contributed by atoms with Gasteiger partial charge in [0.15, 0.2) is 0 Å². The molecule has 0 spiro atoms. The summed E-state index contributed by atoms with van der Waals surface area (Å²) in [5, 5.41) is 2.90. The van der Waals surface area contributed by atoms with Gasteiger partial charge in [-0.05, 0) is 42.6 Å². The molecule has 2 heteroatoms. The lowest BCUT2D eigenvalue weighted by Gasteiger charge is -2.35. The van der Waals surface area contributed by atoms with Crippen LogP contribution < -0.4 is 0 Å². The molecule has 19 heavy (non-hydrogen) atoms. The minimum atomic E-state index is 0.522. The van der Waals surface area contributed by atoms with Crippen LogP contribution >= 0.6 is 11.8 Å². The van der Waals surface area contributed by atoms with Gasteiger partial charge in [-0.15, -0.1) is 11.8 Å². The molecule has 0 N–H and O–H groups in total. The zero-order chi connectivity index (χ0) is 14.7. The molecule has 1 rings (SSSR count). The third-order valence-corrected chi connectivity index (χ3v) is 5.03. The second-order valence-electron chi connectivity index (χ2n) is 6.74. The van der Waals surface area contributed by atoms with Gasteiger partial charge in [0.2, 0.25) is 0 Å². The normalized spacial score (nSPS) is 21.3. The van der Waals surface area contributed by atoms with Gasteiger partial charge in [0.05, 0.1) is 0 Å². The largest absolute Gasteiger partial charge is 0.348 e. The smallest absolute Gasteiger partial charge is 0.0344 e. The summed E-state index contributed by atoms with van der Waals surface area (Å²) in [5.74, 6) is 1.86. The van der Waals surface area contributed by atoms with Gasteiger partial charge < -0.3 is 4.90 Å². The van der Waals surface area contributed by atoms with E-state index in [-0.39, 0.29) is 0 Å². The van der Waals surface area contributed by atoms with Crippen molar-refractivity contribution >= 4 is 11.8 Å². The van der Waals surface area contributed by atoms with Crippen LogP contribution in [0.4, 0.5) is 0 Å². The first kappa shape index (κ1) is 16.7. The Morgan fingerprint density at radius 1 is 0.947 bits per heavy atom. The fourth-order valence-corrected chi connectivity index (χ4v) is 4.08. The van der Waals surface area contributed by atoms with Crippen LogP contribution in [0.15, 0.2) is 22.9 Å². The van der Waals surface area contributed by atoms with Crippen molar-refractivity contribution in [2.75, 3.05) is 0 Å². The Balaban J connectivity index is 3.41. The number of hydrogen-bond donors (Lipinski definition) is 0. The van der Waals surface area contributed by atoms with Crippen LogP contribution in [0.25, 0.3) is 0 Å². The zero-order valence-corrected chi connectivity index (χ0v) is 14.7. The Kier molecular flexibility index (Phi) is 6.04. The highest BCUT2D eigenvalue weighted by Gasteiger charge is 2.30. The van der Waals surface area contributed by atoms with Crippen LogP contribution in [0.5, 0.6) is 0 Å². The molecule has 1 aliphatic heterocycles. The van der Waals surface area contributed by atoms with Crippen LogP contribution in [-0.2, 0) is 0 Å². The van der Waals surface area contributed by atoms with Gasteiger partial charge in [0.25, 0.3) is 0 Å². The van der Waals surface area contributed by atoms with E-state index >= 15 is 0 Å². The van der Waals surface area contributed by atoms with E-state index in [2.05, 4.69) is 71.9 Å². The van der Waals surface area contributed by atoms with E-state index in [4.69, 9.17) is 0 Å². The molecule has 0 saturated carbocycles. The predicted octanol–water partition coefficient (Wildman–Crippen LogP) is 5.51. The molecule has 1 unspecified atom stereocenters. The molecule has 0 aromatic heterocycles. The SMILES string of the molecule is CC(C)C1=C(C(C)C)N(C(C)C)C=CSC1C(C)C. The predicted molar refractivity (Wildman–Crippen MR) is 89.0 cm³/mol. The van der Waals surface area contributed by atoms with Crippen LogP contribution in [0.1, 0.15) is 55.4 Å². The topological polar surface area (TPSA) is 3.24 Å². The van der Waals surface area contributed by atoms with E-state index < -0.39 is 0 Å². The Morgan fingerprint density at radius 2 is 1.53 bits per heavy atom. The van der Waals surface area contributed by atoms with Crippen LogP contribution in [-0.4, -0.2) is 16.2 Å². The maximum Gasteiger partial charge on any atom is 0.0344 e. The van der Waals surface area contributed by atoms with Gasteiger partial charge in [-0.3, -0.25) is 0 Å². The zero-order valence-electron chi connectivity index (χ0n) is 13.9. The maximum absolute atomic E-state index is 2.48. The molecule has 1 nitrogen and oxygen atoms in total. The summed E-state index contributed by atoms with van der Waals surface area (Å²) in [7, 11) is 0. The summed E-state index contributed by atoms with van der Waals surface area (Å²) in [4.78, 5) is 2.48. The number of allylic oxidation sites excluding steroid dienone is 1. The molecule has 0 aromatic carbocycles. The number of thioether (sulfide) groups is 1. The molecule has 1 atom stereocenters. The quantitative estimate of drug-likeness (QED) is 0.669. The third kappa shape index (κ3) is 3.81. The first-order valence-electron chi connectivity index (χ1n) is 7.61. The highest BCUT2D eigenvalue weighted by molar-refractivity contribution is 8.02. The number of nitrogens with zero attached hydrogens (tertiary/aromatic N) is 1. The highest BCUT2D eigenvalue weighted by atomic mass is 32.2. The average Bonchev–Trinajstić information content (AvgIpc) is 2.47. The average molecular weight is 282 g/mol. The Labute approximate surface area is 124 Å². The first-order chi connectivity index (χ1) is 8.77. The summed E-state index contributed by atoms with van der Waals surface area (Å²) >= 11 is 1.99. The summed E-state index contributed by atoms with van der Waals surface area (Å²) in [5.41, 5.74) is 3.19. The van der Waals surface area contributed by atoms with Crippen molar-refractivity contribution in [3.05, 3.63) is 22.9 Å². The second kappa shape index (κ2) is 6.88. The molecule has 0 amide bonds. The van der Waals surface area contributed by atoms with Crippen molar-refractivity contribution in [1.29, 1.82) is 0 Å². The molecule has 0 radical (unpaired) electrons. The van der Waals surface area contributed by atoms with Crippen molar-refractivity contribution in [3.8, 4) is 0 Å². The van der Waals surface area contributed by atoms with E-state index in [0.29, 0.717) is 29.0 Å². The van der Waals surface area contributed by atoms with Crippen molar-refractivity contribution in [1.82, 2.24) is 4.90 Å². The first-order valence-corrected chi connectivity index (χ1v) is 8.56. The lowest BCUT2D eigenvalue weighted by Crippen LogP contribution is -2.31. The van der Waals surface area contributed by atoms with Gasteiger partial charge >= 0.3 is 0 Å². The van der Waals surface area contributed by atoms with Gasteiger partial charge in [-0.25, -0.2) is 0 Å². The van der Waals surface area contributed by atoms with E-state index in [1.165, 1.54) is 0 Å². The van der Waals surface area contributed by atoms with Gasteiger partial charge in [0.1, 0.15) is 0 Å². The van der Waals surface area contributed by atoms with Gasteiger partial charge in [-0.2, -0.15) is 0 Å². The molecule has 1 aliphatic rings. The Hall–Kier alpha value is -0.370. The molecule has 0 bridgehead atoms. The summed E-state index contributed by atoms with van der Waals surface area (Å²) in [6, 6.07) is 0.522. The van der Waals surface area contributed by atoms with E-state index in [1.54, 1.807) is 11.3 Å². The minimum absolute atomic E-state index is 0.522. The molecule has 0 saturated heterocycles. The van der Waals surface area contributed by atoms with Gasteiger partial charge in [0, 0.05) is 23.2 Å². The standard InChI is InChI=1S/C17H31NS/c1-11(2)15-16(12(3)4)18(14(7)8)9-10-19-17(15)13(5)6/h9-14,17H,1-8H3. The van der Waals surface area contributed by atoms with Gasteiger partial charge in [-0.1, -0.05) is 41.5 Å². The number of rotatable bonds is 4. The Morgan fingerprint density at radius 3 is 1.89 bits per heavy atom. The summed E-state index contributed by atoms with van der Waals surface area (Å²) in [6.07, 6.45) is 2.29. The van der Waals surface area contributed by atoms with Crippen LogP contribution in [0.2, 0.25) is 0 Å². The number of hydrogen-bond acceptors (Lipinski definition) is 2. The lowest BCUT2D eigenvalue weighted by molar-refractivity contribution is 0.337. The van der Waals surface area contributed by atoms with Crippen molar-refractivity contribution < 1.29 is 0 Å². The molecule has 1 heterocycles. The highest BCUT2D eigenvalue weighted by Crippen LogP contribution is 2.40. The van der Waals surface area contributed by atoms with Crippen molar-refractivity contribution in [2.24, 2.45) is 17.8 Å². The van der Waals surface area contributed by atoms with E-state index in [9.17, 15) is 0 Å². The van der Waals surface area contributed by atoms with E-state index in [1.807, 2.05) is 11.8 Å². The molecular formula is C17H31NS. The lowest BCUT2D eigenvalue weighted by atomic mass is 9.87. The fourth-order valence-electron chi connectivity index (χ4n) is 2.86. The summed E-state index contributed by atoms with van der Waals surface area (Å²) in [6.45, 7) is 18.6. The maximum atomic E-state index is 2.48. The fraction of sp³-hybridized carbons (Fsp3) is 0.765. The molecular weight excluding hydrogens is 250 g/mol. The third-order valence-electron chi connectivity index (χ3n) is 3.66. The molecule has 0 aliphatic carbocycles. The monoisotopic (exact) mass is 281 g/mol. The van der Waals surface area contributed by atoms with Crippen LogP contribution in [0, 0.1) is 17.8 Å². The van der Waals surface area contributed by atoms with Crippen molar-refractivity contribution in [3.63, 3.8) is 0 Å². The van der Waals surface area contributed by atoms with Crippen LogP contribution in [0.3, 0.4) is 0 Å². The minimum Gasteiger partial charge on any atom is -0.348 e. The second-order valence-corrected chi connectivity index (χ2v) is 7.79. The van der Waals surface area contributed by atoms with Crippen molar-refractivity contribution in [2.45, 2.75) is 66.7 Å². The molecule has 0 aromatic rings. The Bertz CT molecular complexity index is 350. The molecule has 110 valence electrons. The molecule has 0 fully saturated rings.